The number of carbonyl (C=O) groups excluding carboxylic acids is 1. The molecule has 0 saturated heterocycles. The van der Waals surface area contributed by atoms with E-state index in [-0.39, 0.29) is 28.6 Å². The fourth-order valence-electron chi connectivity index (χ4n) is 2.56. The monoisotopic (exact) mass is 472 g/mol. The van der Waals surface area contributed by atoms with Gasteiger partial charge in [0.05, 0.1) is 17.4 Å². The number of nitrogens with one attached hydrogen (secondary N) is 1. The molecule has 0 radical (unpaired) electrons. The molecule has 32 heavy (non-hydrogen) atoms. The zero-order valence-electron chi connectivity index (χ0n) is 17.7. The number of terminal acetylenes is 1. The molecule has 11 heteroatoms. The summed E-state index contributed by atoms with van der Waals surface area (Å²) in [6.07, 6.45) is 14.6. The van der Waals surface area contributed by atoms with E-state index >= 15 is 0 Å². The number of amidine groups is 1. The predicted octanol–water partition coefficient (Wildman–Crippen LogP) is 2.09. The van der Waals surface area contributed by atoms with Crippen LogP contribution in [0.5, 0.6) is 0 Å². The van der Waals surface area contributed by atoms with Crippen molar-refractivity contribution in [2.75, 3.05) is 17.3 Å². The fourth-order valence-corrected chi connectivity index (χ4v) is 5.35. The van der Waals surface area contributed by atoms with E-state index in [0.717, 1.165) is 6.42 Å². The Morgan fingerprint density at radius 1 is 1.31 bits per heavy atom. The summed E-state index contributed by atoms with van der Waals surface area (Å²) < 4.78 is 22.0. The molecule has 3 N–H and O–H groups in total. The predicted molar refractivity (Wildman–Crippen MR) is 128 cm³/mol. The molecule has 2 atom stereocenters. The van der Waals surface area contributed by atoms with Gasteiger partial charge in [0.25, 0.3) is 5.91 Å². The number of nitriles is 1. The molecular weight excluding hydrogens is 448 g/mol. The number of amides is 1. The molecular formula is C21H24N6O3S2. The molecule has 3 heterocycles. The van der Waals surface area contributed by atoms with Crippen molar-refractivity contribution < 1.29 is 13.2 Å². The van der Waals surface area contributed by atoms with Crippen molar-refractivity contribution in [1.82, 2.24) is 9.97 Å². The van der Waals surface area contributed by atoms with Crippen LogP contribution >= 0.6 is 11.8 Å². The zero-order valence-corrected chi connectivity index (χ0v) is 19.3. The molecule has 0 spiro atoms. The van der Waals surface area contributed by atoms with E-state index in [4.69, 9.17) is 11.0 Å². The van der Waals surface area contributed by atoms with Crippen LogP contribution in [0.1, 0.15) is 29.4 Å². The second-order valence-electron chi connectivity index (χ2n) is 6.62. The molecule has 0 saturated carbocycles. The van der Waals surface area contributed by atoms with Crippen LogP contribution < -0.4 is 11.1 Å². The molecule has 2 aromatic heterocycles. The molecule has 1 amide bonds. The summed E-state index contributed by atoms with van der Waals surface area (Å²) in [5.74, 6) is -0.126. The van der Waals surface area contributed by atoms with Crippen LogP contribution in [0, 0.1) is 24.2 Å². The van der Waals surface area contributed by atoms with Crippen LogP contribution in [0.25, 0.3) is 0 Å². The number of hydrogen-bond acceptors (Lipinski definition) is 9. The lowest BCUT2D eigenvalue weighted by molar-refractivity contribution is 0.102. The van der Waals surface area contributed by atoms with E-state index in [9.17, 15) is 13.2 Å². The van der Waals surface area contributed by atoms with Gasteiger partial charge in [-0.2, -0.15) is 5.26 Å². The zero-order chi connectivity index (χ0) is 24.1. The maximum absolute atomic E-state index is 11.7. The smallest absolute Gasteiger partial charge is 0.274 e. The van der Waals surface area contributed by atoms with Crippen molar-refractivity contribution in [3.8, 4) is 18.9 Å². The maximum atomic E-state index is 11.7. The number of thioether (sulfide) groups is 1. The van der Waals surface area contributed by atoms with Crippen LogP contribution in [-0.2, 0) is 9.84 Å². The van der Waals surface area contributed by atoms with E-state index in [1.165, 1.54) is 30.3 Å². The summed E-state index contributed by atoms with van der Waals surface area (Å²) in [5.41, 5.74) is 6.89. The van der Waals surface area contributed by atoms with Gasteiger partial charge in [-0.1, -0.05) is 11.8 Å². The van der Waals surface area contributed by atoms with Crippen molar-refractivity contribution in [3.05, 3.63) is 54.1 Å². The summed E-state index contributed by atoms with van der Waals surface area (Å²) in [6.45, 7) is 1.95. The third-order valence-corrected chi connectivity index (χ3v) is 6.05. The van der Waals surface area contributed by atoms with E-state index < -0.39 is 9.84 Å². The fraction of sp³-hybridized carbons (Fsp3) is 0.286. The molecule has 0 bridgehead atoms. The standard InChI is InChI=1S/C12H8N4O.C7H14N2O2S2.C2H2/c13-7-9-1-2-11(15-8-9)12(17)16-10-3-5-14-6-4-10;1-5-3-6(4-13(2,10)11)12-7(8)9-5;1-2/h1-6,8H,(H,14,16,17);5-6H,3-4H2,1-2H3,(H2,8,9);1-2H/t;5-,6-;/m.0./s1. The number of carbonyl (C=O) groups is 1. The molecule has 1 aliphatic rings. The number of rotatable bonds is 4. The van der Waals surface area contributed by atoms with Crippen LogP contribution in [0.4, 0.5) is 5.69 Å². The maximum Gasteiger partial charge on any atom is 0.274 e. The van der Waals surface area contributed by atoms with Gasteiger partial charge in [-0.05, 0) is 37.6 Å². The first kappa shape index (κ1) is 26.6. The van der Waals surface area contributed by atoms with Crippen molar-refractivity contribution in [3.63, 3.8) is 0 Å². The number of aromatic nitrogens is 2. The molecule has 3 rings (SSSR count). The van der Waals surface area contributed by atoms with Crippen molar-refractivity contribution in [1.29, 1.82) is 5.26 Å². The average Bonchev–Trinajstić information content (AvgIpc) is 2.74. The minimum Gasteiger partial charge on any atom is -0.379 e. The molecule has 0 unspecified atom stereocenters. The Bertz CT molecular complexity index is 1080. The van der Waals surface area contributed by atoms with Crippen LogP contribution in [0.3, 0.4) is 0 Å². The van der Waals surface area contributed by atoms with Gasteiger partial charge in [0.15, 0.2) is 5.17 Å². The molecule has 2 aromatic rings. The van der Waals surface area contributed by atoms with Gasteiger partial charge >= 0.3 is 0 Å². The number of anilines is 1. The number of nitrogens with two attached hydrogens (primary N) is 1. The summed E-state index contributed by atoms with van der Waals surface area (Å²) in [7, 11) is -2.90. The second-order valence-corrected chi connectivity index (χ2v) is 10.1. The summed E-state index contributed by atoms with van der Waals surface area (Å²) in [4.78, 5) is 23.6. The lowest BCUT2D eigenvalue weighted by atomic mass is 10.2. The molecule has 0 fully saturated rings. The van der Waals surface area contributed by atoms with Gasteiger partial charge < -0.3 is 11.1 Å². The first-order valence-corrected chi connectivity index (χ1v) is 12.2. The molecule has 9 nitrogen and oxygen atoms in total. The van der Waals surface area contributed by atoms with Gasteiger partial charge in [0.1, 0.15) is 21.6 Å². The first-order chi connectivity index (χ1) is 15.2. The largest absolute Gasteiger partial charge is 0.379 e. The van der Waals surface area contributed by atoms with Crippen LogP contribution in [0.15, 0.2) is 47.8 Å². The third kappa shape index (κ3) is 10.1. The molecule has 0 aromatic carbocycles. The minimum absolute atomic E-state index is 0.0718. The van der Waals surface area contributed by atoms with Gasteiger partial charge in [-0.15, -0.1) is 12.8 Å². The summed E-state index contributed by atoms with van der Waals surface area (Å²) in [5, 5.41) is 11.9. The van der Waals surface area contributed by atoms with E-state index in [0.29, 0.717) is 16.4 Å². The number of nitrogens with zero attached hydrogens (tertiary/aromatic N) is 4. The van der Waals surface area contributed by atoms with Gasteiger partial charge in [-0.25, -0.2) is 13.4 Å². The van der Waals surface area contributed by atoms with E-state index in [2.05, 4.69) is 33.1 Å². The van der Waals surface area contributed by atoms with Crippen molar-refractivity contribution in [2.24, 2.45) is 10.7 Å². The summed E-state index contributed by atoms with van der Waals surface area (Å²) in [6, 6.07) is 8.51. The average molecular weight is 473 g/mol. The Hall–Kier alpha value is -3.41. The Morgan fingerprint density at radius 3 is 2.47 bits per heavy atom. The highest BCUT2D eigenvalue weighted by Gasteiger charge is 2.23. The molecule has 168 valence electrons. The van der Waals surface area contributed by atoms with Crippen molar-refractivity contribution in [2.45, 2.75) is 24.6 Å². The van der Waals surface area contributed by atoms with Crippen LogP contribution in [0.2, 0.25) is 0 Å². The van der Waals surface area contributed by atoms with E-state index in [1.54, 1.807) is 30.6 Å². The second kappa shape index (κ2) is 13.1. The SMILES string of the molecule is C#C.C[C@H]1C[C@@H](CS(C)(=O)=O)SC(N)=N1.N#Cc1ccc(C(=O)Nc2ccncc2)nc1. The Morgan fingerprint density at radius 2 is 1.97 bits per heavy atom. The normalized spacial score (nSPS) is 17.2. The highest BCUT2D eigenvalue weighted by molar-refractivity contribution is 8.14. The summed E-state index contributed by atoms with van der Waals surface area (Å²) >= 11 is 1.37. The first-order valence-electron chi connectivity index (χ1n) is 9.25. The number of hydrogen-bond donors (Lipinski definition) is 2. The third-order valence-electron chi connectivity index (χ3n) is 3.79. The van der Waals surface area contributed by atoms with Gasteiger partial charge in [0, 0.05) is 35.8 Å². The Kier molecular flexibility index (Phi) is 10.9. The lowest BCUT2D eigenvalue weighted by Gasteiger charge is -2.22. The number of pyridine rings is 2. The highest BCUT2D eigenvalue weighted by Crippen LogP contribution is 2.24. The lowest BCUT2D eigenvalue weighted by Crippen LogP contribution is -2.29. The number of aliphatic imine (C=N–C) groups is 1. The van der Waals surface area contributed by atoms with Crippen molar-refractivity contribution >= 4 is 38.4 Å². The minimum atomic E-state index is -2.90. The van der Waals surface area contributed by atoms with E-state index in [1.807, 2.05) is 13.0 Å². The Balaban J connectivity index is 0.000000307. The van der Waals surface area contributed by atoms with Gasteiger partial charge in [-0.3, -0.25) is 14.8 Å². The molecule has 1 aliphatic heterocycles. The number of sulfone groups is 1. The highest BCUT2D eigenvalue weighted by atomic mass is 32.2. The topological polar surface area (TPSA) is 151 Å². The van der Waals surface area contributed by atoms with Gasteiger partial charge in [0.2, 0.25) is 0 Å². The molecule has 0 aliphatic carbocycles. The Labute approximate surface area is 192 Å². The quantitative estimate of drug-likeness (QED) is 0.642. The van der Waals surface area contributed by atoms with Crippen LogP contribution in [-0.4, -0.2) is 52.8 Å².